The molecule has 2 aliphatic rings. The fourth-order valence-corrected chi connectivity index (χ4v) is 4.24. The summed E-state index contributed by atoms with van der Waals surface area (Å²) in [4.78, 5) is 14.4. The number of benzene rings is 1. The first kappa shape index (κ1) is 25.0. The Morgan fingerprint density at radius 3 is 2.61 bits per heavy atom. The number of ether oxygens (including phenoxy) is 2. The second-order valence-corrected chi connectivity index (χ2v) is 9.79. The van der Waals surface area contributed by atoms with E-state index >= 15 is 0 Å². The minimum Gasteiger partial charge on any atom is -0.495 e. The maximum Gasteiger partial charge on any atom is 0.329 e. The van der Waals surface area contributed by atoms with E-state index in [4.69, 9.17) is 21.1 Å². The summed E-state index contributed by atoms with van der Waals surface area (Å²) in [6.07, 6.45) is 1.07. The standard InChI is InChI=1S/C24H27ClF2N2O4/c1-23(2,3)33-22(31)19(7-14-10-24(26,27)11-14)29-13-20(32-4)18(9-21(29)30)17-8-16(25)6-5-15(17)12-28/h5-6,8-9,13-14,19,21,30H,7,10-11H2,1-4H3. The summed E-state index contributed by atoms with van der Waals surface area (Å²) in [5, 5.41) is 20.8. The van der Waals surface area contributed by atoms with Crippen LogP contribution in [0.15, 0.2) is 36.2 Å². The van der Waals surface area contributed by atoms with Crippen LogP contribution in [0.4, 0.5) is 8.78 Å². The van der Waals surface area contributed by atoms with E-state index in [1.54, 1.807) is 39.0 Å². The molecule has 0 radical (unpaired) electrons. The molecule has 0 aromatic heterocycles. The molecule has 0 bridgehead atoms. The molecule has 0 amide bonds. The molecule has 1 aromatic carbocycles. The molecule has 1 N–H and O–H groups in total. The van der Waals surface area contributed by atoms with E-state index < -0.39 is 29.8 Å². The Hall–Kier alpha value is -2.63. The smallest absolute Gasteiger partial charge is 0.329 e. The molecule has 9 heteroatoms. The molecule has 1 heterocycles. The van der Waals surface area contributed by atoms with Crippen molar-refractivity contribution >= 4 is 23.1 Å². The summed E-state index contributed by atoms with van der Waals surface area (Å²) in [5.41, 5.74) is 0.425. The number of alkyl halides is 2. The molecule has 3 rings (SSSR count). The predicted octanol–water partition coefficient (Wildman–Crippen LogP) is 4.86. The van der Waals surface area contributed by atoms with Crippen LogP contribution in [0.5, 0.6) is 0 Å². The van der Waals surface area contributed by atoms with Crippen LogP contribution < -0.4 is 0 Å². The van der Waals surface area contributed by atoms with Gasteiger partial charge in [-0.05, 0) is 57.4 Å². The van der Waals surface area contributed by atoms with Crippen molar-refractivity contribution in [2.45, 2.75) is 63.8 Å². The number of halogens is 3. The zero-order valence-electron chi connectivity index (χ0n) is 18.9. The molecule has 1 saturated carbocycles. The normalized spacial score (nSPS) is 21.3. The van der Waals surface area contributed by atoms with E-state index in [1.807, 2.05) is 0 Å². The monoisotopic (exact) mass is 480 g/mol. The molecular formula is C24H27ClF2N2O4. The number of hydrogen-bond acceptors (Lipinski definition) is 6. The number of carbonyl (C=O) groups excluding carboxylic acids is 1. The maximum atomic E-state index is 13.4. The molecule has 2 atom stereocenters. The third kappa shape index (κ3) is 5.84. The number of methoxy groups -OCH3 is 1. The number of esters is 1. The Balaban J connectivity index is 1.95. The van der Waals surface area contributed by atoms with Crippen molar-refractivity contribution < 1.29 is 28.2 Å². The number of aliphatic hydroxyl groups is 1. The van der Waals surface area contributed by atoms with Crippen molar-refractivity contribution in [3.8, 4) is 6.07 Å². The third-order valence-electron chi connectivity index (χ3n) is 5.54. The van der Waals surface area contributed by atoms with Gasteiger partial charge in [0.05, 0.1) is 18.7 Å². The largest absolute Gasteiger partial charge is 0.495 e. The fraction of sp³-hybridized carbons (Fsp3) is 0.500. The maximum absolute atomic E-state index is 13.4. The topological polar surface area (TPSA) is 82.8 Å². The second kappa shape index (κ2) is 9.32. The van der Waals surface area contributed by atoms with Crippen molar-refractivity contribution in [2.75, 3.05) is 7.11 Å². The van der Waals surface area contributed by atoms with Crippen LogP contribution in [-0.2, 0) is 14.3 Å². The highest BCUT2D eigenvalue weighted by Crippen LogP contribution is 2.45. The van der Waals surface area contributed by atoms with Gasteiger partial charge in [-0.25, -0.2) is 13.6 Å². The molecular weight excluding hydrogens is 454 g/mol. The van der Waals surface area contributed by atoms with Gasteiger partial charge in [0.15, 0.2) is 0 Å². The zero-order valence-corrected chi connectivity index (χ0v) is 19.7. The molecule has 1 aliphatic carbocycles. The zero-order chi connectivity index (χ0) is 24.6. The summed E-state index contributed by atoms with van der Waals surface area (Å²) in [5.74, 6) is -3.45. The lowest BCUT2D eigenvalue weighted by atomic mass is 9.77. The van der Waals surface area contributed by atoms with Crippen LogP contribution >= 0.6 is 11.6 Å². The lowest BCUT2D eigenvalue weighted by molar-refractivity contribution is -0.167. The van der Waals surface area contributed by atoms with E-state index in [0.717, 1.165) is 0 Å². The first-order valence-electron chi connectivity index (χ1n) is 10.6. The van der Waals surface area contributed by atoms with Crippen LogP contribution in [0.1, 0.15) is 51.2 Å². The molecule has 1 aliphatic heterocycles. The van der Waals surface area contributed by atoms with Crippen LogP contribution in [0.25, 0.3) is 5.57 Å². The van der Waals surface area contributed by atoms with Crippen LogP contribution in [-0.4, -0.2) is 46.9 Å². The van der Waals surface area contributed by atoms with Crippen molar-refractivity contribution in [3.63, 3.8) is 0 Å². The van der Waals surface area contributed by atoms with Crippen LogP contribution in [0.2, 0.25) is 5.02 Å². The van der Waals surface area contributed by atoms with Gasteiger partial charge in [-0.15, -0.1) is 0 Å². The van der Waals surface area contributed by atoms with Gasteiger partial charge in [-0.1, -0.05) is 11.6 Å². The van der Waals surface area contributed by atoms with Crippen molar-refractivity contribution in [1.82, 2.24) is 4.90 Å². The first-order chi connectivity index (χ1) is 15.3. The van der Waals surface area contributed by atoms with Gasteiger partial charge in [0.2, 0.25) is 5.92 Å². The highest BCUT2D eigenvalue weighted by Gasteiger charge is 2.48. The van der Waals surface area contributed by atoms with Crippen molar-refractivity contribution in [1.29, 1.82) is 5.26 Å². The molecule has 178 valence electrons. The van der Waals surface area contributed by atoms with Crippen molar-refractivity contribution in [3.05, 3.63) is 52.4 Å². The lowest BCUT2D eigenvalue weighted by Gasteiger charge is -2.41. The molecule has 6 nitrogen and oxygen atoms in total. The van der Waals surface area contributed by atoms with Gasteiger partial charge in [0, 0.05) is 35.2 Å². The van der Waals surface area contributed by atoms with E-state index in [1.165, 1.54) is 24.3 Å². The number of hydrogen-bond donors (Lipinski definition) is 1. The molecule has 0 saturated heterocycles. The Kier molecular flexibility index (Phi) is 7.06. The lowest BCUT2D eigenvalue weighted by Crippen LogP contribution is -2.50. The first-order valence-corrected chi connectivity index (χ1v) is 11.0. The molecule has 1 aromatic rings. The third-order valence-corrected chi connectivity index (χ3v) is 5.77. The summed E-state index contributed by atoms with van der Waals surface area (Å²) < 4.78 is 37.9. The number of nitrogens with zero attached hydrogens (tertiary/aromatic N) is 2. The van der Waals surface area contributed by atoms with Gasteiger partial charge in [-0.2, -0.15) is 5.26 Å². The average Bonchev–Trinajstić information content (AvgIpc) is 2.69. The number of aliphatic hydroxyl groups excluding tert-OH is 1. The number of carbonyl (C=O) groups is 1. The van der Waals surface area contributed by atoms with E-state index in [9.17, 15) is 23.9 Å². The second-order valence-electron chi connectivity index (χ2n) is 9.36. The summed E-state index contributed by atoms with van der Waals surface area (Å²) in [6, 6.07) is 5.81. The number of nitriles is 1. The molecule has 33 heavy (non-hydrogen) atoms. The minimum atomic E-state index is -2.73. The SMILES string of the molecule is COC1=CN(C(CC2CC(F)(F)C2)C(=O)OC(C)(C)C)C(O)C=C1c1cc(Cl)ccc1C#N. The highest BCUT2D eigenvalue weighted by molar-refractivity contribution is 6.30. The Labute approximate surface area is 197 Å². The quantitative estimate of drug-likeness (QED) is 0.585. The van der Waals surface area contributed by atoms with E-state index in [2.05, 4.69) is 6.07 Å². The number of allylic oxidation sites excluding steroid dienone is 1. The summed E-state index contributed by atoms with van der Waals surface area (Å²) in [7, 11) is 1.42. The Morgan fingerprint density at radius 1 is 1.39 bits per heavy atom. The van der Waals surface area contributed by atoms with Crippen molar-refractivity contribution in [2.24, 2.45) is 5.92 Å². The molecule has 1 fully saturated rings. The van der Waals surface area contributed by atoms with Crippen LogP contribution in [0.3, 0.4) is 0 Å². The Morgan fingerprint density at radius 2 is 2.06 bits per heavy atom. The average molecular weight is 481 g/mol. The predicted molar refractivity (Wildman–Crippen MR) is 119 cm³/mol. The van der Waals surface area contributed by atoms with Gasteiger partial charge in [-0.3, -0.25) is 0 Å². The van der Waals surface area contributed by atoms with E-state index in [-0.39, 0.29) is 30.9 Å². The van der Waals surface area contributed by atoms with E-state index in [0.29, 0.717) is 21.7 Å². The van der Waals surface area contributed by atoms with Gasteiger partial charge in [0.25, 0.3) is 0 Å². The summed E-state index contributed by atoms with van der Waals surface area (Å²) >= 11 is 6.11. The molecule has 0 spiro atoms. The Bertz CT molecular complexity index is 1020. The minimum absolute atomic E-state index is 0.0961. The fourth-order valence-electron chi connectivity index (χ4n) is 4.07. The van der Waals surface area contributed by atoms with Gasteiger partial charge < -0.3 is 19.5 Å². The van der Waals surface area contributed by atoms with Crippen LogP contribution in [0, 0.1) is 17.2 Å². The van der Waals surface area contributed by atoms with Gasteiger partial charge >= 0.3 is 5.97 Å². The van der Waals surface area contributed by atoms with Gasteiger partial charge in [0.1, 0.15) is 23.6 Å². The number of rotatable bonds is 6. The molecule has 2 unspecified atom stereocenters. The summed E-state index contributed by atoms with van der Waals surface area (Å²) in [6.45, 7) is 5.13. The highest BCUT2D eigenvalue weighted by atomic mass is 35.5.